The number of rotatable bonds is 4. The number of methoxy groups -OCH3 is 1. The van der Waals surface area contributed by atoms with Crippen LogP contribution in [0.1, 0.15) is 5.56 Å². The lowest BCUT2D eigenvalue weighted by Gasteiger charge is -2.05. The lowest BCUT2D eigenvalue weighted by atomic mass is 10.3. The van der Waals surface area contributed by atoms with Gasteiger partial charge in [0, 0.05) is 19.2 Å². The zero-order valence-corrected chi connectivity index (χ0v) is 10.6. The molecular formula is C9H12ClN7O. The summed E-state index contributed by atoms with van der Waals surface area (Å²) in [6.07, 6.45) is 1.67. The van der Waals surface area contributed by atoms with E-state index in [1.807, 2.05) is 0 Å². The number of ether oxygens (including phenoxy) is 1. The Kier molecular flexibility index (Phi) is 3.47. The van der Waals surface area contributed by atoms with Gasteiger partial charge in [-0.25, -0.2) is 0 Å². The minimum Gasteiger partial charge on any atom is -0.467 e. The smallest absolute Gasteiger partial charge is 0.322 e. The number of nitrogens with one attached hydrogen (secondary N) is 1. The Hall–Kier alpha value is -2.09. The summed E-state index contributed by atoms with van der Waals surface area (Å²) < 4.78 is 6.47. The van der Waals surface area contributed by atoms with Gasteiger partial charge in [-0.15, -0.1) is 0 Å². The van der Waals surface area contributed by atoms with Crippen LogP contribution in [0.15, 0.2) is 6.20 Å². The first kappa shape index (κ1) is 12.4. The Morgan fingerprint density at radius 3 is 2.83 bits per heavy atom. The summed E-state index contributed by atoms with van der Waals surface area (Å²) in [5, 5.41) is 7.06. The zero-order chi connectivity index (χ0) is 13.1. The van der Waals surface area contributed by atoms with Crippen LogP contribution in [0.4, 0.5) is 11.8 Å². The summed E-state index contributed by atoms with van der Waals surface area (Å²) >= 11 is 5.72. The first-order chi connectivity index (χ1) is 8.60. The molecule has 9 heteroatoms. The van der Waals surface area contributed by atoms with E-state index >= 15 is 0 Å². The van der Waals surface area contributed by atoms with Gasteiger partial charge in [0.2, 0.25) is 11.2 Å². The molecule has 8 nitrogen and oxygen atoms in total. The van der Waals surface area contributed by atoms with Crippen molar-refractivity contribution in [1.82, 2.24) is 24.7 Å². The third kappa shape index (κ3) is 2.59. The predicted molar refractivity (Wildman–Crippen MR) is 66.3 cm³/mol. The molecule has 0 fully saturated rings. The molecule has 96 valence electrons. The summed E-state index contributed by atoms with van der Waals surface area (Å²) in [6.45, 7) is 0.434. The summed E-state index contributed by atoms with van der Waals surface area (Å²) in [5.41, 5.74) is 6.65. The minimum absolute atomic E-state index is 0.0588. The molecule has 0 saturated carbocycles. The second-order valence-electron chi connectivity index (χ2n) is 3.45. The van der Waals surface area contributed by atoms with Gasteiger partial charge in [0.15, 0.2) is 0 Å². The predicted octanol–water partition coefficient (Wildman–Crippen LogP) is 0.461. The van der Waals surface area contributed by atoms with Crippen LogP contribution in [0.25, 0.3) is 0 Å². The lowest BCUT2D eigenvalue weighted by Crippen LogP contribution is -2.07. The second-order valence-corrected chi connectivity index (χ2v) is 3.79. The summed E-state index contributed by atoms with van der Waals surface area (Å²) in [6, 6.07) is 0.150. The van der Waals surface area contributed by atoms with Crippen LogP contribution in [0.5, 0.6) is 6.01 Å². The van der Waals surface area contributed by atoms with Crippen molar-refractivity contribution in [2.24, 2.45) is 7.05 Å². The van der Waals surface area contributed by atoms with E-state index in [0.29, 0.717) is 18.3 Å². The van der Waals surface area contributed by atoms with Crippen molar-refractivity contribution in [2.75, 3.05) is 18.2 Å². The van der Waals surface area contributed by atoms with Gasteiger partial charge >= 0.3 is 6.01 Å². The molecular weight excluding hydrogens is 258 g/mol. The highest BCUT2D eigenvalue weighted by molar-refractivity contribution is 6.28. The highest BCUT2D eigenvalue weighted by atomic mass is 35.5. The molecule has 2 heterocycles. The number of hydrogen-bond donors (Lipinski definition) is 2. The number of halogens is 1. The Balaban J connectivity index is 2.10. The number of hydrogen-bond acceptors (Lipinski definition) is 7. The van der Waals surface area contributed by atoms with E-state index in [0.717, 1.165) is 5.56 Å². The van der Waals surface area contributed by atoms with Crippen LogP contribution < -0.4 is 15.8 Å². The molecule has 18 heavy (non-hydrogen) atoms. The second kappa shape index (κ2) is 5.05. The van der Waals surface area contributed by atoms with Gasteiger partial charge in [-0.2, -0.15) is 20.1 Å². The molecule has 0 radical (unpaired) electrons. The average molecular weight is 270 g/mol. The first-order valence-electron chi connectivity index (χ1n) is 5.06. The average Bonchev–Trinajstić information content (AvgIpc) is 2.67. The molecule has 0 saturated heterocycles. The van der Waals surface area contributed by atoms with Crippen LogP contribution in [0.3, 0.4) is 0 Å². The third-order valence-corrected chi connectivity index (χ3v) is 2.44. The fourth-order valence-electron chi connectivity index (χ4n) is 1.31. The highest BCUT2D eigenvalue weighted by Gasteiger charge is 2.07. The SMILES string of the molecule is COc1nc(Cl)nc(NCc2cnn(C)c2N)n1. The molecule has 0 bridgehead atoms. The minimum atomic E-state index is 0.0588. The number of nitrogens with two attached hydrogens (primary N) is 1. The summed E-state index contributed by atoms with van der Waals surface area (Å²) in [4.78, 5) is 11.7. The Morgan fingerprint density at radius 1 is 1.44 bits per heavy atom. The molecule has 0 atom stereocenters. The Bertz CT molecular complexity index is 556. The molecule has 2 rings (SSSR count). The lowest BCUT2D eigenvalue weighted by molar-refractivity contribution is 0.379. The van der Waals surface area contributed by atoms with Gasteiger partial charge in [-0.1, -0.05) is 0 Å². The third-order valence-electron chi connectivity index (χ3n) is 2.27. The van der Waals surface area contributed by atoms with Crippen molar-refractivity contribution in [3.05, 3.63) is 17.0 Å². The van der Waals surface area contributed by atoms with Crippen molar-refractivity contribution >= 4 is 23.4 Å². The van der Waals surface area contributed by atoms with Gasteiger partial charge in [0.05, 0.1) is 13.3 Å². The van der Waals surface area contributed by atoms with Crippen molar-refractivity contribution < 1.29 is 4.74 Å². The van der Waals surface area contributed by atoms with Gasteiger partial charge < -0.3 is 15.8 Å². The number of nitrogen functional groups attached to an aromatic ring is 1. The normalized spacial score (nSPS) is 10.4. The number of anilines is 2. The Morgan fingerprint density at radius 2 is 2.22 bits per heavy atom. The van der Waals surface area contributed by atoms with Crippen LogP contribution in [0.2, 0.25) is 5.28 Å². The molecule has 3 N–H and O–H groups in total. The standard InChI is InChI=1S/C9H12ClN7O/c1-17-6(11)5(4-13-17)3-12-8-14-7(10)15-9(16-8)18-2/h4H,3,11H2,1-2H3,(H,12,14,15,16). The van der Waals surface area contributed by atoms with Crippen LogP contribution in [-0.4, -0.2) is 31.8 Å². The van der Waals surface area contributed by atoms with Crippen LogP contribution in [-0.2, 0) is 13.6 Å². The van der Waals surface area contributed by atoms with E-state index in [2.05, 4.69) is 25.4 Å². The number of aryl methyl sites for hydroxylation is 1. The number of nitrogens with zero attached hydrogens (tertiary/aromatic N) is 5. The fraction of sp³-hybridized carbons (Fsp3) is 0.333. The monoisotopic (exact) mass is 269 g/mol. The fourth-order valence-corrected chi connectivity index (χ4v) is 1.46. The molecule has 0 aliphatic heterocycles. The maximum Gasteiger partial charge on any atom is 0.322 e. The molecule has 0 spiro atoms. The maximum atomic E-state index is 5.81. The topological polar surface area (TPSA) is 104 Å². The van der Waals surface area contributed by atoms with Gasteiger partial charge in [-0.3, -0.25) is 4.68 Å². The molecule has 0 aromatic carbocycles. The van der Waals surface area contributed by atoms with E-state index in [1.54, 1.807) is 17.9 Å². The molecule has 2 aromatic heterocycles. The molecule has 0 unspecified atom stereocenters. The van der Waals surface area contributed by atoms with Crippen LogP contribution in [0, 0.1) is 0 Å². The summed E-state index contributed by atoms with van der Waals surface area (Å²) in [7, 11) is 3.22. The van der Waals surface area contributed by atoms with Gasteiger partial charge in [0.25, 0.3) is 0 Å². The highest BCUT2D eigenvalue weighted by Crippen LogP contribution is 2.14. The Labute approximate surface area is 108 Å². The quantitative estimate of drug-likeness (QED) is 0.831. The molecule has 0 aliphatic carbocycles. The van der Waals surface area contributed by atoms with Crippen molar-refractivity contribution in [3.8, 4) is 6.01 Å². The maximum absolute atomic E-state index is 5.81. The van der Waals surface area contributed by atoms with Gasteiger partial charge in [0.1, 0.15) is 5.82 Å². The molecule has 0 amide bonds. The van der Waals surface area contributed by atoms with Crippen molar-refractivity contribution in [1.29, 1.82) is 0 Å². The van der Waals surface area contributed by atoms with E-state index in [9.17, 15) is 0 Å². The van der Waals surface area contributed by atoms with E-state index in [-0.39, 0.29) is 11.3 Å². The zero-order valence-electron chi connectivity index (χ0n) is 9.88. The van der Waals surface area contributed by atoms with Crippen molar-refractivity contribution in [2.45, 2.75) is 6.54 Å². The molecule has 2 aromatic rings. The largest absolute Gasteiger partial charge is 0.467 e. The van der Waals surface area contributed by atoms with E-state index < -0.39 is 0 Å². The first-order valence-corrected chi connectivity index (χ1v) is 5.43. The van der Waals surface area contributed by atoms with Gasteiger partial charge in [-0.05, 0) is 11.6 Å². The number of aromatic nitrogens is 5. The van der Waals surface area contributed by atoms with E-state index in [4.69, 9.17) is 22.1 Å². The van der Waals surface area contributed by atoms with Crippen LogP contribution >= 0.6 is 11.6 Å². The van der Waals surface area contributed by atoms with Crippen molar-refractivity contribution in [3.63, 3.8) is 0 Å². The molecule has 0 aliphatic rings. The van der Waals surface area contributed by atoms with E-state index in [1.165, 1.54) is 7.11 Å². The summed E-state index contributed by atoms with van der Waals surface area (Å²) in [5.74, 6) is 0.893.